The number of phenols is 1. The van der Waals surface area contributed by atoms with Gasteiger partial charge in [-0.15, -0.1) is 0 Å². The normalized spacial score (nSPS) is 16.8. The highest BCUT2D eigenvalue weighted by atomic mass is 32.1. The summed E-state index contributed by atoms with van der Waals surface area (Å²) >= 11 is 0.909. The van der Waals surface area contributed by atoms with Crippen molar-refractivity contribution in [1.29, 1.82) is 0 Å². The zero-order chi connectivity index (χ0) is 27.0. The highest BCUT2D eigenvalue weighted by molar-refractivity contribution is 7.17. The summed E-state index contributed by atoms with van der Waals surface area (Å²) in [5, 5.41) is 21.8. The molecule has 0 saturated carbocycles. The monoisotopic (exact) mass is 522 g/mol. The molecule has 0 bridgehead atoms. The highest BCUT2D eigenvalue weighted by Gasteiger charge is 2.48. The van der Waals surface area contributed by atoms with Crippen LogP contribution < -0.4 is 9.64 Å². The molecule has 9 nitrogen and oxygen atoms in total. The Hall–Kier alpha value is -4.18. The fourth-order valence-electron chi connectivity index (χ4n) is 4.22. The van der Waals surface area contributed by atoms with Crippen molar-refractivity contribution >= 4 is 39.9 Å². The van der Waals surface area contributed by atoms with E-state index >= 15 is 0 Å². The molecule has 37 heavy (non-hydrogen) atoms. The van der Waals surface area contributed by atoms with Gasteiger partial charge in [-0.05, 0) is 57.0 Å². The summed E-state index contributed by atoms with van der Waals surface area (Å²) in [4.78, 5) is 44.8. The van der Waals surface area contributed by atoms with Crippen molar-refractivity contribution in [1.82, 2.24) is 4.98 Å². The number of methoxy groups -OCH3 is 1. The number of ketones is 1. The Morgan fingerprint density at radius 1 is 1.14 bits per heavy atom. The van der Waals surface area contributed by atoms with Gasteiger partial charge in [0.05, 0.1) is 31.0 Å². The molecule has 4 rings (SSSR count). The molecule has 2 N–H and O–H groups in total. The highest BCUT2D eigenvalue weighted by Crippen LogP contribution is 2.45. The van der Waals surface area contributed by atoms with Gasteiger partial charge < -0.3 is 19.7 Å². The van der Waals surface area contributed by atoms with Crippen molar-refractivity contribution in [2.24, 2.45) is 0 Å². The summed E-state index contributed by atoms with van der Waals surface area (Å²) in [5.74, 6) is -2.72. The van der Waals surface area contributed by atoms with Gasteiger partial charge in [0.25, 0.3) is 5.78 Å². The molecular formula is C27H26N2O7S. The summed E-state index contributed by atoms with van der Waals surface area (Å²) in [7, 11) is 1.24. The van der Waals surface area contributed by atoms with Crippen molar-refractivity contribution in [2.75, 3.05) is 18.6 Å². The molecule has 1 amide bonds. The van der Waals surface area contributed by atoms with Crippen molar-refractivity contribution in [2.45, 2.75) is 33.7 Å². The number of carbonyl (C=O) groups excluding carboxylic acids is 3. The van der Waals surface area contributed by atoms with Crippen LogP contribution in [0, 0.1) is 20.8 Å². The van der Waals surface area contributed by atoms with Crippen LogP contribution >= 0.6 is 11.3 Å². The number of amides is 1. The number of aromatic nitrogens is 1. The number of aliphatic hydroxyl groups excluding tert-OH is 1. The number of hydrogen-bond donors (Lipinski definition) is 2. The maximum absolute atomic E-state index is 13.4. The van der Waals surface area contributed by atoms with Crippen LogP contribution in [0.25, 0.3) is 5.76 Å². The zero-order valence-electron chi connectivity index (χ0n) is 21.0. The van der Waals surface area contributed by atoms with Gasteiger partial charge in [0.15, 0.2) is 16.6 Å². The molecule has 1 saturated heterocycles. The van der Waals surface area contributed by atoms with Gasteiger partial charge in [0.1, 0.15) is 10.6 Å². The number of hydrogen-bond acceptors (Lipinski definition) is 9. The van der Waals surface area contributed by atoms with Crippen LogP contribution in [0.2, 0.25) is 0 Å². The lowest BCUT2D eigenvalue weighted by Gasteiger charge is -2.24. The number of anilines is 1. The molecule has 2 aromatic carbocycles. The average Bonchev–Trinajstić information content (AvgIpc) is 3.38. The van der Waals surface area contributed by atoms with E-state index in [1.54, 1.807) is 32.9 Å². The lowest BCUT2D eigenvalue weighted by atomic mass is 9.93. The molecule has 0 aliphatic carbocycles. The zero-order valence-corrected chi connectivity index (χ0v) is 21.8. The molecule has 1 fully saturated rings. The number of esters is 1. The molecule has 1 aromatic heterocycles. The van der Waals surface area contributed by atoms with E-state index in [1.165, 1.54) is 19.2 Å². The summed E-state index contributed by atoms with van der Waals surface area (Å²) in [6.45, 7) is 7.27. The minimum Gasteiger partial charge on any atom is -0.507 e. The van der Waals surface area contributed by atoms with Crippen LogP contribution in [-0.4, -0.2) is 46.6 Å². The second-order valence-corrected chi connectivity index (χ2v) is 9.53. The molecule has 1 aliphatic heterocycles. The summed E-state index contributed by atoms with van der Waals surface area (Å²) < 4.78 is 10.3. The van der Waals surface area contributed by atoms with Gasteiger partial charge >= 0.3 is 11.9 Å². The fourth-order valence-corrected chi connectivity index (χ4v) is 5.23. The number of aromatic hydroxyl groups is 1. The Bertz CT molecular complexity index is 1460. The number of ether oxygens (including phenoxy) is 2. The van der Waals surface area contributed by atoms with Gasteiger partial charge in [0, 0.05) is 5.56 Å². The SMILES string of the molecule is CCOc1cc(C2/C(=C(\O)c3cc(C)ccc3C)C(=O)C(=O)N2c2nc(C)c(C(=O)OC)s2)ccc1O. The van der Waals surface area contributed by atoms with E-state index in [0.717, 1.165) is 21.8 Å². The number of nitrogens with zero attached hydrogens (tertiary/aromatic N) is 2. The Kier molecular flexibility index (Phi) is 7.04. The Labute approximate surface area is 217 Å². The number of benzene rings is 2. The molecule has 0 radical (unpaired) electrons. The Morgan fingerprint density at radius 2 is 1.86 bits per heavy atom. The number of phenolic OH excluding ortho intramolecular Hbond substituents is 1. The van der Waals surface area contributed by atoms with Crippen molar-refractivity contribution in [3.8, 4) is 11.5 Å². The molecule has 1 unspecified atom stereocenters. The van der Waals surface area contributed by atoms with E-state index < -0.39 is 23.7 Å². The molecule has 3 aromatic rings. The fraction of sp³-hybridized carbons (Fsp3) is 0.259. The molecule has 2 heterocycles. The van der Waals surface area contributed by atoms with Crippen LogP contribution in [-0.2, 0) is 14.3 Å². The molecule has 192 valence electrons. The smallest absolute Gasteiger partial charge is 0.350 e. The Balaban J connectivity index is 1.99. The number of Topliss-reactive ketones (excluding diaryl/α,β-unsaturated/α-hetero) is 1. The van der Waals surface area contributed by atoms with Crippen LogP contribution in [0.15, 0.2) is 42.0 Å². The lowest BCUT2D eigenvalue weighted by Crippen LogP contribution is -2.29. The van der Waals surface area contributed by atoms with E-state index in [0.29, 0.717) is 22.4 Å². The van der Waals surface area contributed by atoms with E-state index in [2.05, 4.69) is 4.98 Å². The second-order valence-electron chi connectivity index (χ2n) is 8.55. The number of rotatable bonds is 6. The maximum atomic E-state index is 13.4. The molecule has 10 heteroatoms. The molecule has 1 aliphatic rings. The first kappa shape index (κ1) is 25.9. The van der Waals surface area contributed by atoms with Crippen LogP contribution in [0.5, 0.6) is 11.5 Å². The largest absolute Gasteiger partial charge is 0.507 e. The van der Waals surface area contributed by atoms with E-state index in [1.807, 2.05) is 19.1 Å². The summed E-state index contributed by atoms with van der Waals surface area (Å²) in [5.41, 5.74) is 2.59. The summed E-state index contributed by atoms with van der Waals surface area (Å²) in [6, 6.07) is 8.78. The van der Waals surface area contributed by atoms with Crippen LogP contribution in [0.3, 0.4) is 0 Å². The molecule has 1 atom stereocenters. The minimum absolute atomic E-state index is 0.0936. The van der Waals surface area contributed by atoms with Gasteiger partial charge in [0.2, 0.25) is 0 Å². The Morgan fingerprint density at radius 3 is 2.54 bits per heavy atom. The van der Waals surface area contributed by atoms with Crippen molar-refractivity contribution in [3.63, 3.8) is 0 Å². The molecular weight excluding hydrogens is 496 g/mol. The first-order valence-electron chi connectivity index (χ1n) is 11.5. The van der Waals surface area contributed by atoms with Gasteiger partial charge in [-0.3, -0.25) is 14.5 Å². The summed E-state index contributed by atoms with van der Waals surface area (Å²) in [6.07, 6.45) is 0. The van der Waals surface area contributed by atoms with Crippen LogP contribution in [0.4, 0.5) is 5.13 Å². The number of thiazole rings is 1. The third-order valence-corrected chi connectivity index (χ3v) is 7.19. The topological polar surface area (TPSA) is 126 Å². The average molecular weight is 523 g/mol. The molecule has 0 spiro atoms. The quantitative estimate of drug-likeness (QED) is 0.208. The lowest BCUT2D eigenvalue weighted by molar-refractivity contribution is -0.132. The number of aliphatic hydroxyl groups is 1. The van der Waals surface area contributed by atoms with Gasteiger partial charge in [-0.2, -0.15) is 0 Å². The second kappa shape index (κ2) is 10.1. The number of carbonyl (C=O) groups is 3. The van der Waals surface area contributed by atoms with E-state index in [9.17, 15) is 24.6 Å². The third kappa shape index (κ3) is 4.55. The maximum Gasteiger partial charge on any atom is 0.350 e. The van der Waals surface area contributed by atoms with Gasteiger partial charge in [-0.1, -0.05) is 35.1 Å². The predicted octanol–water partition coefficient (Wildman–Crippen LogP) is 4.59. The first-order chi connectivity index (χ1) is 17.6. The predicted molar refractivity (Wildman–Crippen MR) is 138 cm³/mol. The van der Waals surface area contributed by atoms with E-state index in [-0.39, 0.29) is 39.4 Å². The van der Waals surface area contributed by atoms with Crippen LogP contribution in [0.1, 0.15) is 50.6 Å². The standard InChI is InChI=1S/C27H26N2O7S/c1-6-36-19-12-16(9-10-18(19)30)21-20(22(31)17-11-13(2)7-8-14(17)3)23(32)25(33)29(21)27-28-15(4)24(37-27)26(34)35-5/h7-12,21,30-31H,6H2,1-5H3/b22-20+. The van der Waals surface area contributed by atoms with Crippen molar-refractivity contribution < 1.29 is 34.1 Å². The number of aryl methyl sites for hydroxylation is 3. The van der Waals surface area contributed by atoms with E-state index in [4.69, 9.17) is 9.47 Å². The van der Waals surface area contributed by atoms with Crippen molar-refractivity contribution in [3.05, 3.63) is 74.8 Å². The minimum atomic E-state index is -1.10. The third-order valence-electron chi connectivity index (χ3n) is 6.05. The first-order valence-corrected chi connectivity index (χ1v) is 12.3. The van der Waals surface area contributed by atoms with Gasteiger partial charge in [-0.25, -0.2) is 9.78 Å².